The third-order valence-electron chi connectivity index (χ3n) is 5.11. The highest BCUT2D eigenvalue weighted by Crippen LogP contribution is 2.27. The minimum Gasteiger partial charge on any atom is -0.446 e. The zero-order chi connectivity index (χ0) is 23.3. The van der Waals surface area contributed by atoms with E-state index in [1.54, 1.807) is 36.4 Å². The number of fused-ring (bicyclic) bond motifs is 1. The fourth-order valence-electron chi connectivity index (χ4n) is 3.47. The second-order valence-corrected chi connectivity index (χ2v) is 7.75. The van der Waals surface area contributed by atoms with E-state index in [0.717, 1.165) is 16.6 Å². The molecule has 0 radical (unpaired) electrons. The molecule has 1 aromatic heterocycles. The van der Waals surface area contributed by atoms with Gasteiger partial charge in [0.05, 0.1) is 0 Å². The number of carbonyl (C=O) groups is 1. The highest BCUT2D eigenvalue weighted by atomic mass is 16.7. The van der Waals surface area contributed by atoms with Gasteiger partial charge in [0.2, 0.25) is 5.89 Å². The van der Waals surface area contributed by atoms with E-state index >= 15 is 0 Å². The number of aromatic nitrogens is 1. The number of aryl methyl sites for hydroxylation is 1. The van der Waals surface area contributed by atoms with Crippen LogP contribution in [0, 0.1) is 6.92 Å². The maximum absolute atomic E-state index is 13.1. The number of carbonyl (C=O) groups excluding carboxylic acids is 1. The van der Waals surface area contributed by atoms with E-state index < -0.39 is 12.2 Å². The Kier molecular flexibility index (Phi) is 5.95. The summed E-state index contributed by atoms with van der Waals surface area (Å²) in [5, 5.41) is 2.88. The van der Waals surface area contributed by atoms with E-state index in [9.17, 15) is 4.79 Å². The van der Waals surface area contributed by atoms with Crippen LogP contribution in [0.2, 0.25) is 0 Å². The molecule has 1 amide bonds. The molecule has 0 aliphatic rings. The van der Waals surface area contributed by atoms with Crippen molar-refractivity contribution in [3.63, 3.8) is 0 Å². The van der Waals surface area contributed by atoms with Crippen molar-refractivity contribution in [3.05, 3.63) is 109 Å². The Bertz CT molecular complexity index is 1370. The van der Waals surface area contributed by atoms with Crippen molar-refractivity contribution in [2.24, 2.45) is 0 Å². The molecule has 6 nitrogen and oxygen atoms in total. The topological polar surface area (TPSA) is 73.6 Å². The predicted molar refractivity (Wildman–Crippen MR) is 131 cm³/mol. The number of amides is 1. The fraction of sp³-hybridized carbons (Fsp3) is 0.0714. The van der Waals surface area contributed by atoms with E-state index in [0.29, 0.717) is 28.7 Å². The van der Waals surface area contributed by atoms with Crippen molar-refractivity contribution < 1.29 is 18.7 Å². The average Bonchev–Trinajstić information content (AvgIpc) is 3.28. The molecule has 0 spiro atoms. The lowest BCUT2D eigenvalue weighted by molar-refractivity contribution is -0.134. The molecule has 6 heteroatoms. The van der Waals surface area contributed by atoms with Crippen LogP contribution in [0.1, 0.15) is 5.56 Å². The molecule has 1 heterocycles. The number of benzene rings is 4. The maximum atomic E-state index is 13.1. The van der Waals surface area contributed by atoms with Crippen LogP contribution >= 0.6 is 0 Å². The molecule has 34 heavy (non-hydrogen) atoms. The maximum Gasteiger partial charge on any atom is 0.321 e. The van der Waals surface area contributed by atoms with Crippen molar-refractivity contribution in [2.45, 2.75) is 13.2 Å². The monoisotopic (exact) mass is 450 g/mol. The quantitative estimate of drug-likeness (QED) is 0.298. The number of anilines is 1. The first-order valence-electron chi connectivity index (χ1n) is 10.9. The first-order valence-corrected chi connectivity index (χ1v) is 10.9. The van der Waals surface area contributed by atoms with Gasteiger partial charge in [-0.25, -0.2) is 4.98 Å². The number of rotatable bonds is 7. The molecule has 168 valence electrons. The smallest absolute Gasteiger partial charge is 0.321 e. The second-order valence-electron chi connectivity index (χ2n) is 7.75. The molecular weight excluding hydrogens is 428 g/mol. The Hall–Kier alpha value is -4.58. The molecule has 0 saturated carbocycles. The molecule has 0 aliphatic heterocycles. The van der Waals surface area contributed by atoms with Gasteiger partial charge in [-0.2, -0.15) is 0 Å². The number of nitrogens with zero attached hydrogens (tertiary/aromatic N) is 1. The molecule has 5 aromatic rings. The van der Waals surface area contributed by atoms with Gasteiger partial charge in [-0.3, -0.25) is 4.79 Å². The molecule has 0 atom stereocenters. The molecule has 0 unspecified atom stereocenters. The van der Waals surface area contributed by atoms with Crippen LogP contribution in [0.5, 0.6) is 11.5 Å². The second kappa shape index (κ2) is 9.50. The number of hydrogen-bond donors (Lipinski definition) is 1. The average molecular weight is 450 g/mol. The summed E-state index contributed by atoms with van der Waals surface area (Å²) in [6, 6.07) is 31.3. The van der Waals surface area contributed by atoms with Crippen LogP contribution in [0.3, 0.4) is 0 Å². The minimum atomic E-state index is -1.19. The third-order valence-corrected chi connectivity index (χ3v) is 5.11. The van der Waals surface area contributed by atoms with Crippen LogP contribution in [0.25, 0.3) is 22.6 Å². The van der Waals surface area contributed by atoms with Crippen LogP contribution in [0.15, 0.2) is 108 Å². The first-order chi connectivity index (χ1) is 16.6. The summed E-state index contributed by atoms with van der Waals surface area (Å²) < 4.78 is 17.6. The van der Waals surface area contributed by atoms with Crippen molar-refractivity contribution in [2.75, 3.05) is 5.32 Å². The predicted octanol–water partition coefficient (Wildman–Crippen LogP) is 6.23. The van der Waals surface area contributed by atoms with Crippen LogP contribution in [-0.2, 0) is 4.79 Å². The van der Waals surface area contributed by atoms with E-state index in [4.69, 9.17) is 13.9 Å². The molecule has 0 aliphatic carbocycles. The minimum absolute atomic E-state index is 0.446. The number of hydrogen-bond acceptors (Lipinski definition) is 5. The lowest BCUT2D eigenvalue weighted by atomic mass is 10.2. The van der Waals surface area contributed by atoms with Crippen molar-refractivity contribution >= 4 is 22.7 Å². The summed E-state index contributed by atoms with van der Waals surface area (Å²) in [6.45, 7) is 2.01. The number of ether oxygens (including phenoxy) is 2. The molecule has 4 aromatic carbocycles. The molecule has 0 fully saturated rings. The van der Waals surface area contributed by atoms with E-state index in [2.05, 4.69) is 10.3 Å². The highest BCUT2D eigenvalue weighted by Gasteiger charge is 2.23. The Labute approximate surface area is 196 Å². The van der Waals surface area contributed by atoms with Crippen LogP contribution < -0.4 is 14.8 Å². The molecule has 0 saturated heterocycles. The summed E-state index contributed by atoms with van der Waals surface area (Å²) in [6.07, 6.45) is -1.19. The highest BCUT2D eigenvalue weighted by molar-refractivity contribution is 5.94. The van der Waals surface area contributed by atoms with Gasteiger partial charge in [0.25, 0.3) is 0 Å². The van der Waals surface area contributed by atoms with Crippen molar-refractivity contribution in [3.8, 4) is 23.0 Å². The van der Waals surface area contributed by atoms with Crippen molar-refractivity contribution in [1.29, 1.82) is 0 Å². The van der Waals surface area contributed by atoms with E-state index in [1.165, 1.54) is 0 Å². The van der Waals surface area contributed by atoms with Gasteiger partial charge >= 0.3 is 12.2 Å². The summed E-state index contributed by atoms with van der Waals surface area (Å²) in [4.78, 5) is 17.7. The summed E-state index contributed by atoms with van der Waals surface area (Å²) in [5.74, 6) is 1.08. The lowest BCUT2D eigenvalue weighted by Crippen LogP contribution is -2.38. The standard InChI is InChI=1S/C28H22N2O4/c1-19-15-16-25-24(17-19)30-27(34-25)20-9-8-10-21(18-20)29-26(31)28(32-22-11-4-2-5-12-22)33-23-13-6-3-7-14-23/h2-18,28H,1H3,(H,29,31). The SMILES string of the molecule is Cc1ccc2oc(-c3cccc(NC(=O)C(Oc4ccccc4)Oc4ccccc4)c3)nc2c1. The van der Waals surface area contributed by atoms with Gasteiger partial charge in [-0.15, -0.1) is 0 Å². The zero-order valence-corrected chi connectivity index (χ0v) is 18.5. The van der Waals surface area contributed by atoms with E-state index in [1.807, 2.05) is 73.7 Å². The van der Waals surface area contributed by atoms with Gasteiger partial charge in [0, 0.05) is 11.3 Å². The Morgan fingerprint density at radius 1 is 0.824 bits per heavy atom. The summed E-state index contributed by atoms with van der Waals surface area (Å²) in [7, 11) is 0. The number of nitrogens with one attached hydrogen (secondary N) is 1. The van der Waals surface area contributed by atoms with Gasteiger partial charge in [0.1, 0.15) is 17.0 Å². The number of para-hydroxylation sites is 2. The van der Waals surface area contributed by atoms with Gasteiger partial charge in [0.15, 0.2) is 5.58 Å². The van der Waals surface area contributed by atoms with Gasteiger partial charge in [-0.05, 0) is 67.1 Å². The molecular formula is C28H22N2O4. The Morgan fingerprint density at radius 3 is 2.18 bits per heavy atom. The summed E-state index contributed by atoms with van der Waals surface area (Å²) in [5.41, 5.74) is 3.92. The van der Waals surface area contributed by atoms with E-state index in [-0.39, 0.29) is 0 Å². The largest absolute Gasteiger partial charge is 0.446 e. The summed E-state index contributed by atoms with van der Waals surface area (Å²) >= 11 is 0. The molecule has 1 N–H and O–H groups in total. The lowest BCUT2D eigenvalue weighted by Gasteiger charge is -2.20. The normalized spacial score (nSPS) is 10.9. The Morgan fingerprint density at radius 2 is 1.50 bits per heavy atom. The molecule has 5 rings (SSSR count). The zero-order valence-electron chi connectivity index (χ0n) is 18.5. The van der Waals surface area contributed by atoms with Gasteiger partial charge < -0.3 is 19.2 Å². The first kappa shape index (κ1) is 21.3. The fourth-order valence-corrected chi connectivity index (χ4v) is 3.47. The number of oxazole rings is 1. The van der Waals surface area contributed by atoms with Crippen molar-refractivity contribution in [1.82, 2.24) is 4.98 Å². The third kappa shape index (κ3) is 4.91. The Balaban J connectivity index is 1.38. The van der Waals surface area contributed by atoms with Gasteiger partial charge in [-0.1, -0.05) is 48.5 Å². The molecule has 0 bridgehead atoms. The van der Waals surface area contributed by atoms with Crippen LogP contribution in [0.4, 0.5) is 5.69 Å². The van der Waals surface area contributed by atoms with Crippen LogP contribution in [-0.4, -0.2) is 17.2 Å².